The highest BCUT2D eigenvalue weighted by Gasteiger charge is 2.54. The number of carbonyl (C=O) groups is 1. The Morgan fingerprint density at radius 2 is 2.21 bits per heavy atom. The molecule has 0 radical (unpaired) electrons. The quantitative estimate of drug-likeness (QED) is 0.890. The highest BCUT2D eigenvalue weighted by atomic mass is 32.1. The first-order valence-electron chi connectivity index (χ1n) is 8.64. The Hall–Kier alpha value is -1.59. The topological polar surface area (TPSA) is 58.6 Å². The molecule has 1 atom stereocenters. The first-order valence-corrected chi connectivity index (χ1v) is 9.46. The van der Waals surface area contributed by atoms with Crippen molar-refractivity contribution < 1.29 is 14.6 Å². The summed E-state index contributed by atoms with van der Waals surface area (Å²) in [4.78, 5) is 13.2. The molecule has 1 unspecified atom stereocenters. The molecule has 5 heteroatoms. The summed E-state index contributed by atoms with van der Waals surface area (Å²) in [6.45, 7) is 0.750. The van der Waals surface area contributed by atoms with Gasteiger partial charge in [-0.15, -0.1) is 11.3 Å². The summed E-state index contributed by atoms with van der Waals surface area (Å²) in [5, 5.41) is 13.8. The molecule has 1 aromatic carbocycles. The Bertz CT molecular complexity index is 761. The van der Waals surface area contributed by atoms with E-state index in [-0.39, 0.29) is 12.0 Å². The van der Waals surface area contributed by atoms with Crippen LogP contribution in [0.1, 0.15) is 41.8 Å². The molecule has 1 aromatic heterocycles. The molecule has 128 valence electrons. The van der Waals surface area contributed by atoms with E-state index in [0.29, 0.717) is 11.3 Å². The third-order valence-corrected chi connectivity index (χ3v) is 6.88. The number of benzene rings is 1. The number of nitrogens with one attached hydrogen (secondary N) is 1. The molecule has 1 spiro atoms. The molecular weight excluding hydrogens is 322 g/mol. The Morgan fingerprint density at radius 3 is 2.96 bits per heavy atom. The van der Waals surface area contributed by atoms with Crippen molar-refractivity contribution in [3.8, 4) is 5.75 Å². The molecule has 2 saturated carbocycles. The molecule has 2 N–H and O–H groups in total. The molecular formula is C19H23NO3S. The van der Waals surface area contributed by atoms with Crippen molar-refractivity contribution in [3.05, 3.63) is 29.1 Å². The van der Waals surface area contributed by atoms with Crippen LogP contribution >= 0.6 is 11.3 Å². The molecule has 0 saturated heterocycles. The number of aliphatic hydroxyl groups is 1. The minimum absolute atomic E-state index is 0.0103. The number of carbonyl (C=O) groups excluding carboxylic acids is 1. The molecule has 0 bridgehead atoms. The van der Waals surface area contributed by atoms with E-state index in [1.165, 1.54) is 17.8 Å². The van der Waals surface area contributed by atoms with E-state index in [0.717, 1.165) is 52.9 Å². The van der Waals surface area contributed by atoms with E-state index in [1.54, 1.807) is 7.11 Å². The molecule has 2 aliphatic carbocycles. The number of hydrogen-bond donors (Lipinski definition) is 2. The Morgan fingerprint density at radius 1 is 1.42 bits per heavy atom. The van der Waals surface area contributed by atoms with Crippen LogP contribution in [0, 0.1) is 11.3 Å². The fourth-order valence-electron chi connectivity index (χ4n) is 4.14. The van der Waals surface area contributed by atoms with Crippen LogP contribution in [0.15, 0.2) is 24.3 Å². The van der Waals surface area contributed by atoms with Gasteiger partial charge in [-0.1, -0.05) is 6.07 Å². The molecule has 2 aromatic rings. The van der Waals surface area contributed by atoms with Crippen molar-refractivity contribution in [1.29, 1.82) is 0 Å². The molecule has 1 amide bonds. The summed E-state index contributed by atoms with van der Waals surface area (Å²) >= 11 is 1.51. The van der Waals surface area contributed by atoms with Crippen LogP contribution in [0.4, 0.5) is 0 Å². The summed E-state index contributed by atoms with van der Waals surface area (Å²) in [7, 11) is 1.65. The van der Waals surface area contributed by atoms with Crippen LogP contribution in [0.3, 0.4) is 0 Å². The maximum atomic E-state index is 12.5. The number of thiophene rings is 1. The van der Waals surface area contributed by atoms with Crippen LogP contribution in [-0.4, -0.2) is 30.8 Å². The fraction of sp³-hybridized carbons (Fsp3) is 0.526. The second-order valence-corrected chi connectivity index (χ2v) is 8.27. The van der Waals surface area contributed by atoms with E-state index in [4.69, 9.17) is 4.74 Å². The number of aliphatic hydroxyl groups excluding tert-OH is 1. The Kier molecular flexibility index (Phi) is 4.01. The van der Waals surface area contributed by atoms with Gasteiger partial charge >= 0.3 is 0 Å². The minimum atomic E-state index is -0.111. The number of ether oxygens (including phenoxy) is 1. The molecule has 2 aliphatic rings. The lowest BCUT2D eigenvalue weighted by Crippen LogP contribution is -2.28. The van der Waals surface area contributed by atoms with Gasteiger partial charge in [0.1, 0.15) is 5.75 Å². The van der Waals surface area contributed by atoms with Gasteiger partial charge in [-0.05, 0) is 61.6 Å². The molecule has 24 heavy (non-hydrogen) atoms. The highest BCUT2D eigenvalue weighted by molar-refractivity contribution is 7.20. The molecule has 1 heterocycles. The lowest BCUT2D eigenvalue weighted by molar-refractivity contribution is 0.0916. The van der Waals surface area contributed by atoms with Gasteiger partial charge in [0.05, 0.1) is 18.1 Å². The predicted octanol–water partition coefficient (Wildman–Crippen LogP) is 3.58. The SMILES string of the molecule is COc1cccc2sc(C(=O)NCC3CC34CCC(O)CC4)cc12. The normalized spacial score (nSPS) is 28.9. The van der Waals surface area contributed by atoms with E-state index in [2.05, 4.69) is 5.32 Å². The highest BCUT2D eigenvalue weighted by Crippen LogP contribution is 2.61. The van der Waals surface area contributed by atoms with Gasteiger partial charge < -0.3 is 15.2 Å². The first-order chi connectivity index (χ1) is 11.6. The second kappa shape index (κ2) is 6.05. The minimum Gasteiger partial charge on any atom is -0.496 e. The van der Waals surface area contributed by atoms with Crippen molar-refractivity contribution in [2.45, 2.75) is 38.2 Å². The van der Waals surface area contributed by atoms with Crippen LogP contribution in [0.5, 0.6) is 5.75 Å². The first kappa shape index (κ1) is 15.9. The fourth-order valence-corrected chi connectivity index (χ4v) is 5.13. The zero-order valence-electron chi connectivity index (χ0n) is 13.9. The van der Waals surface area contributed by atoms with Gasteiger partial charge in [0.15, 0.2) is 0 Å². The van der Waals surface area contributed by atoms with Gasteiger partial charge in [-0.25, -0.2) is 0 Å². The molecule has 4 nitrogen and oxygen atoms in total. The smallest absolute Gasteiger partial charge is 0.261 e. The lowest BCUT2D eigenvalue weighted by atomic mass is 9.83. The van der Waals surface area contributed by atoms with Crippen molar-refractivity contribution in [2.75, 3.05) is 13.7 Å². The van der Waals surface area contributed by atoms with E-state index in [1.807, 2.05) is 24.3 Å². The van der Waals surface area contributed by atoms with Crippen LogP contribution in [-0.2, 0) is 0 Å². The zero-order valence-corrected chi connectivity index (χ0v) is 14.7. The number of methoxy groups -OCH3 is 1. The predicted molar refractivity (Wildman–Crippen MR) is 95.7 cm³/mol. The van der Waals surface area contributed by atoms with Gasteiger partial charge in [0, 0.05) is 16.6 Å². The third kappa shape index (κ3) is 2.80. The lowest BCUT2D eigenvalue weighted by Gasteiger charge is -2.26. The maximum Gasteiger partial charge on any atom is 0.261 e. The Balaban J connectivity index is 1.39. The van der Waals surface area contributed by atoms with Gasteiger partial charge in [0.25, 0.3) is 5.91 Å². The molecule has 4 rings (SSSR count). The van der Waals surface area contributed by atoms with Crippen LogP contribution < -0.4 is 10.1 Å². The monoisotopic (exact) mass is 345 g/mol. The number of fused-ring (bicyclic) bond motifs is 1. The Labute approximate surface area is 145 Å². The second-order valence-electron chi connectivity index (χ2n) is 7.19. The number of hydrogen-bond acceptors (Lipinski definition) is 4. The number of amides is 1. The van der Waals surface area contributed by atoms with Crippen LogP contribution in [0.25, 0.3) is 10.1 Å². The maximum absolute atomic E-state index is 12.5. The molecule has 0 aliphatic heterocycles. The summed E-state index contributed by atoms with van der Waals surface area (Å²) in [6, 6.07) is 7.81. The summed E-state index contributed by atoms with van der Waals surface area (Å²) in [6.07, 6.45) is 5.13. The van der Waals surface area contributed by atoms with E-state index in [9.17, 15) is 9.90 Å². The summed E-state index contributed by atoms with van der Waals surface area (Å²) < 4.78 is 6.44. The van der Waals surface area contributed by atoms with Gasteiger partial charge in [-0.3, -0.25) is 4.79 Å². The van der Waals surface area contributed by atoms with E-state index < -0.39 is 0 Å². The summed E-state index contributed by atoms with van der Waals surface area (Å²) in [5.74, 6) is 1.40. The molecule has 2 fully saturated rings. The van der Waals surface area contributed by atoms with Gasteiger partial charge in [0.2, 0.25) is 0 Å². The summed E-state index contributed by atoms with van der Waals surface area (Å²) in [5.41, 5.74) is 0.399. The van der Waals surface area contributed by atoms with Crippen molar-refractivity contribution in [3.63, 3.8) is 0 Å². The van der Waals surface area contributed by atoms with Crippen molar-refractivity contribution in [1.82, 2.24) is 5.32 Å². The largest absolute Gasteiger partial charge is 0.496 e. The van der Waals surface area contributed by atoms with E-state index >= 15 is 0 Å². The average molecular weight is 345 g/mol. The average Bonchev–Trinajstić information content (AvgIpc) is 3.07. The van der Waals surface area contributed by atoms with Gasteiger partial charge in [-0.2, -0.15) is 0 Å². The zero-order chi connectivity index (χ0) is 16.7. The van der Waals surface area contributed by atoms with Crippen LogP contribution in [0.2, 0.25) is 0 Å². The van der Waals surface area contributed by atoms with Crippen molar-refractivity contribution >= 4 is 27.3 Å². The van der Waals surface area contributed by atoms with Crippen molar-refractivity contribution in [2.24, 2.45) is 11.3 Å². The number of rotatable bonds is 4. The standard InChI is InChI=1S/C19H23NO3S/c1-23-15-3-2-4-16-14(15)9-17(24-16)18(22)20-11-12-10-19(12)7-5-13(21)6-8-19/h2-4,9,12-13,21H,5-8,10-11H2,1H3,(H,20,22). The third-order valence-electron chi connectivity index (χ3n) is 5.78.